The molecule has 0 aliphatic carbocycles. The van der Waals surface area contributed by atoms with E-state index in [4.69, 9.17) is 34.8 Å². The number of thiophene rings is 1. The van der Waals surface area contributed by atoms with E-state index in [1.54, 1.807) is 0 Å². The number of hydrogen-bond acceptors (Lipinski definition) is 4. The molecule has 0 aliphatic heterocycles. The molecule has 0 aromatic carbocycles. The molecule has 0 unspecified atom stereocenters. The Hall–Kier alpha value is -0.0500. The minimum Gasteiger partial charge on any atom is -0.278 e. The number of nitrogens with zero attached hydrogens (tertiary/aromatic N) is 1. The standard InChI is InChI=1S/C9H4BrCl3N2O2S2/c10-6-7(9(13)18-8(6)12)19(16,17)15-4-1-2-5(11)14-3-4/h1-3,15H. The zero-order valence-electron chi connectivity index (χ0n) is 8.82. The van der Waals surface area contributed by atoms with Gasteiger partial charge in [0.1, 0.15) is 18.7 Å². The lowest BCUT2D eigenvalue weighted by Crippen LogP contribution is -2.13. The normalized spacial score (nSPS) is 11.6. The Kier molecular flexibility index (Phi) is 4.64. The third kappa shape index (κ3) is 3.34. The molecule has 0 atom stereocenters. The van der Waals surface area contributed by atoms with E-state index in [2.05, 4.69) is 25.6 Å². The van der Waals surface area contributed by atoms with Crippen molar-refractivity contribution in [1.82, 2.24) is 4.98 Å². The molecule has 2 heterocycles. The van der Waals surface area contributed by atoms with Crippen molar-refractivity contribution in [3.8, 4) is 0 Å². The summed E-state index contributed by atoms with van der Waals surface area (Å²) in [4.78, 5) is 3.68. The summed E-state index contributed by atoms with van der Waals surface area (Å²) in [5, 5.41) is 0.265. The van der Waals surface area contributed by atoms with Crippen LogP contribution in [0.25, 0.3) is 0 Å². The number of aromatic nitrogens is 1. The number of halogens is 4. The number of rotatable bonds is 3. The van der Waals surface area contributed by atoms with Gasteiger partial charge in [0, 0.05) is 0 Å². The highest BCUT2D eigenvalue weighted by Crippen LogP contribution is 2.43. The van der Waals surface area contributed by atoms with Gasteiger partial charge >= 0.3 is 0 Å². The lowest BCUT2D eigenvalue weighted by atomic mass is 10.4. The number of pyridine rings is 1. The van der Waals surface area contributed by atoms with Crippen LogP contribution in [0.2, 0.25) is 13.8 Å². The van der Waals surface area contributed by atoms with E-state index >= 15 is 0 Å². The maximum atomic E-state index is 12.2. The van der Waals surface area contributed by atoms with Crippen molar-refractivity contribution in [3.05, 3.63) is 36.6 Å². The van der Waals surface area contributed by atoms with Crippen LogP contribution in [-0.4, -0.2) is 13.4 Å². The first-order chi connectivity index (χ1) is 8.81. The molecule has 2 aromatic heterocycles. The first-order valence-electron chi connectivity index (χ1n) is 4.59. The van der Waals surface area contributed by atoms with Crippen LogP contribution < -0.4 is 4.72 Å². The summed E-state index contributed by atoms with van der Waals surface area (Å²) in [5.74, 6) is 0. The highest BCUT2D eigenvalue weighted by molar-refractivity contribution is 9.10. The highest BCUT2D eigenvalue weighted by Gasteiger charge is 2.26. The molecule has 0 bridgehead atoms. The van der Waals surface area contributed by atoms with Crippen LogP contribution in [0.4, 0.5) is 5.69 Å². The molecule has 0 aliphatic rings. The smallest absolute Gasteiger partial charge is 0.265 e. The van der Waals surface area contributed by atoms with Crippen LogP contribution in [0, 0.1) is 0 Å². The minimum atomic E-state index is -3.85. The predicted molar refractivity (Wildman–Crippen MR) is 82.1 cm³/mol. The van der Waals surface area contributed by atoms with Gasteiger partial charge in [-0.3, -0.25) is 4.72 Å². The SMILES string of the molecule is O=S(=O)(Nc1ccc(Cl)nc1)c1c(Cl)sc(Cl)c1Br. The van der Waals surface area contributed by atoms with Gasteiger partial charge < -0.3 is 0 Å². The fourth-order valence-electron chi connectivity index (χ4n) is 1.21. The summed E-state index contributed by atoms with van der Waals surface area (Å²) in [7, 11) is -3.85. The molecule has 0 saturated carbocycles. The van der Waals surface area contributed by atoms with Gasteiger partial charge in [-0.2, -0.15) is 0 Å². The van der Waals surface area contributed by atoms with Crippen LogP contribution in [0.15, 0.2) is 27.7 Å². The van der Waals surface area contributed by atoms with Crippen molar-refractivity contribution in [2.24, 2.45) is 0 Å². The number of sulfonamides is 1. The Labute approximate surface area is 136 Å². The van der Waals surface area contributed by atoms with Crippen molar-refractivity contribution in [1.29, 1.82) is 0 Å². The van der Waals surface area contributed by atoms with Gasteiger partial charge in [-0.1, -0.05) is 34.8 Å². The molecule has 0 amide bonds. The summed E-state index contributed by atoms with van der Waals surface area (Å²) < 4.78 is 27.3. The van der Waals surface area contributed by atoms with Gasteiger partial charge in [0.15, 0.2) is 0 Å². The molecule has 19 heavy (non-hydrogen) atoms. The molecule has 1 N–H and O–H groups in total. The summed E-state index contributed by atoms with van der Waals surface area (Å²) >= 11 is 21.4. The topological polar surface area (TPSA) is 59.1 Å². The Morgan fingerprint density at radius 3 is 2.37 bits per heavy atom. The number of hydrogen-bond donors (Lipinski definition) is 1. The predicted octanol–water partition coefficient (Wildman–Crippen LogP) is 4.67. The lowest BCUT2D eigenvalue weighted by Gasteiger charge is -2.07. The second-order valence-corrected chi connectivity index (χ2v) is 8.29. The van der Waals surface area contributed by atoms with Crippen LogP contribution in [0.1, 0.15) is 0 Å². The van der Waals surface area contributed by atoms with Crippen LogP contribution in [0.5, 0.6) is 0 Å². The van der Waals surface area contributed by atoms with Gasteiger partial charge in [-0.05, 0) is 28.1 Å². The van der Waals surface area contributed by atoms with Gasteiger partial charge in [0.25, 0.3) is 10.0 Å². The van der Waals surface area contributed by atoms with E-state index in [-0.39, 0.29) is 28.9 Å². The fourth-order valence-corrected chi connectivity index (χ4v) is 5.92. The maximum Gasteiger partial charge on any atom is 0.265 e. The Morgan fingerprint density at radius 1 is 1.21 bits per heavy atom. The van der Waals surface area contributed by atoms with Gasteiger partial charge in [-0.25, -0.2) is 13.4 Å². The van der Waals surface area contributed by atoms with E-state index in [1.807, 2.05) is 0 Å². The van der Waals surface area contributed by atoms with Gasteiger partial charge in [-0.15, -0.1) is 11.3 Å². The highest BCUT2D eigenvalue weighted by atomic mass is 79.9. The van der Waals surface area contributed by atoms with E-state index < -0.39 is 10.0 Å². The second kappa shape index (κ2) is 5.75. The summed E-state index contributed by atoms with van der Waals surface area (Å²) in [5.41, 5.74) is 0.273. The summed E-state index contributed by atoms with van der Waals surface area (Å²) in [6.45, 7) is 0. The molecule has 0 spiro atoms. The lowest BCUT2D eigenvalue weighted by molar-refractivity contribution is 0.601. The molecule has 2 rings (SSSR count). The largest absolute Gasteiger partial charge is 0.278 e. The van der Waals surface area contributed by atoms with Gasteiger partial charge in [0.05, 0.1) is 16.4 Å². The first kappa shape index (κ1) is 15.3. The average Bonchev–Trinajstić information content (AvgIpc) is 2.56. The van der Waals surface area contributed by atoms with Crippen LogP contribution >= 0.6 is 62.1 Å². The number of nitrogens with one attached hydrogen (secondary N) is 1. The molecule has 0 radical (unpaired) electrons. The minimum absolute atomic E-state index is 0.0753. The zero-order valence-corrected chi connectivity index (χ0v) is 14.3. The monoisotopic (exact) mass is 420 g/mol. The molecule has 2 aromatic rings. The molecule has 0 saturated heterocycles. The van der Waals surface area contributed by atoms with Crippen LogP contribution in [-0.2, 0) is 10.0 Å². The Bertz CT molecular complexity index is 716. The maximum absolute atomic E-state index is 12.2. The average molecular weight is 423 g/mol. The van der Waals surface area contributed by atoms with E-state index in [9.17, 15) is 8.42 Å². The first-order valence-corrected chi connectivity index (χ1v) is 8.81. The summed E-state index contributed by atoms with van der Waals surface area (Å²) in [6.07, 6.45) is 1.30. The number of anilines is 1. The van der Waals surface area contributed by atoms with E-state index in [0.717, 1.165) is 11.3 Å². The molecule has 102 valence electrons. The molecule has 0 fully saturated rings. The molecular formula is C9H4BrCl3N2O2S2. The molecule has 10 heteroatoms. The van der Waals surface area contributed by atoms with Crippen molar-refractivity contribution >= 4 is 77.8 Å². The molecular weight excluding hydrogens is 419 g/mol. The van der Waals surface area contributed by atoms with Crippen molar-refractivity contribution in [3.63, 3.8) is 0 Å². The zero-order chi connectivity index (χ0) is 14.2. The van der Waals surface area contributed by atoms with E-state index in [0.29, 0.717) is 0 Å². The van der Waals surface area contributed by atoms with Crippen molar-refractivity contribution in [2.45, 2.75) is 4.90 Å². The fraction of sp³-hybridized carbons (Fsp3) is 0. The third-order valence-electron chi connectivity index (χ3n) is 1.98. The third-order valence-corrected chi connectivity index (χ3v) is 7.05. The van der Waals surface area contributed by atoms with Crippen molar-refractivity contribution in [2.75, 3.05) is 4.72 Å². The summed E-state index contributed by atoms with van der Waals surface area (Å²) in [6, 6.07) is 2.96. The van der Waals surface area contributed by atoms with Gasteiger partial charge in [0.2, 0.25) is 0 Å². The van der Waals surface area contributed by atoms with Crippen LogP contribution in [0.3, 0.4) is 0 Å². The Balaban J connectivity index is 2.40. The quantitative estimate of drug-likeness (QED) is 0.732. The van der Waals surface area contributed by atoms with E-state index in [1.165, 1.54) is 18.3 Å². The second-order valence-electron chi connectivity index (χ2n) is 3.27. The van der Waals surface area contributed by atoms with Crippen molar-refractivity contribution < 1.29 is 8.42 Å². The Morgan fingerprint density at radius 2 is 1.89 bits per heavy atom. The molecule has 4 nitrogen and oxygen atoms in total.